The smallest absolute Gasteiger partial charge is 0.108 e. The molecule has 6 nitrogen and oxygen atoms in total. The van der Waals surface area contributed by atoms with Crippen molar-refractivity contribution >= 4 is 33.0 Å². The Morgan fingerprint density at radius 3 is 2.57 bits per heavy atom. The fourth-order valence-corrected chi connectivity index (χ4v) is 3.63. The lowest BCUT2D eigenvalue weighted by atomic mass is 10.1. The molecular weight excluding hydrogens is 348 g/mol. The average Bonchev–Trinajstić information content (AvgIpc) is 3.40. The van der Waals surface area contributed by atoms with Crippen molar-refractivity contribution in [2.45, 2.75) is 0 Å². The second kappa shape index (κ2) is 5.72. The van der Waals surface area contributed by atoms with Crippen LogP contribution in [0.5, 0.6) is 0 Å². The zero-order valence-corrected chi connectivity index (χ0v) is 14.7. The molecule has 0 saturated heterocycles. The summed E-state index contributed by atoms with van der Waals surface area (Å²) in [5.41, 5.74) is 7.65. The van der Waals surface area contributed by atoms with Crippen LogP contribution in [0, 0.1) is 0 Å². The van der Waals surface area contributed by atoms with Gasteiger partial charge in [-0.2, -0.15) is 0 Å². The summed E-state index contributed by atoms with van der Waals surface area (Å²) in [5, 5.41) is 1.02. The van der Waals surface area contributed by atoms with E-state index in [1.807, 2.05) is 36.8 Å². The SMILES string of the molecule is c1ccc(-c2cc3c(cn2)ncc2ncn(-c4ccc5nc[nH]c5c4)c23)cc1. The molecule has 6 rings (SSSR count). The third-order valence-electron chi connectivity index (χ3n) is 5.01. The summed E-state index contributed by atoms with van der Waals surface area (Å²) in [4.78, 5) is 21.2. The fourth-order valence-electron chi connectivity index (χ4n) is 3.63. The lowest BCUT2D eigenvalue weighted by molar-refractivity contribution is 1.10. The van der Waals surface area contributed by atoms with E-state index in [1.165, 1.54) is 0 Å². The molecule has 0 radical (unpaired) electrons. The Balaban J connectivity index is 1.64. The van der Waals surface area contributed by atoms with Gasteiger partial charge in [0.15, 0.2) is 0 Å². The fraction of sp³-hybridized carbons (Fsp3) is 0. The molecule has 4 aromatic heterocycles. The van der Waals surface area contributed by atoms with Gasteiger partial charge in [0.25, 0.3) is 0 Å². The van der Waals surface area contributed by atoms with Crippen LogP contribution in [0.3, 0.4) is 0 Å². The predicted molar refractivity (Wildman–Crippen MR) is 109 cm³/mol. The van der Waals surface area contributed by atoms with Crippen molar-refractivity contribution in [2.24, 2.45) is 0 Å². The number of rotatable bonds is 2. The normalized spacial score (nSPS) is 11.6. The molecule has 132 valence electrons. The first-order valence-electron chi connectivity index (χ1n) is 8.97. The Labute approximate surface area is 159 Å². The van der Waals surface area contributed by atoms with Gasteiger partial charge in [0, 0.05) is 16.6 Å². The van der Waals surface area contributed by atoms with Crippen molar-refractivity contribution in [2.75, 3.05) is 0 Å². The van der Waals surface area contributed by atoms with E-state index in [0.29, 0.717) is 0 Å². The summed E-state index contributed by atoms with van der Waals surface area (Å²) in [6.45, 7) is 0. The first-order chi connectivity index (χ1) is 13.9. The number of fused-ring (bicyclic) bond motifs is 4. The van der Waals surface area contributed by atoms with Gasteiger partial charge in [-0.25, -0.2) is 9.97 Å². The van der Waals surface area contributed by atoms with Gasteiger partial charge in [0.2, 0.25) is 0 Å². The highest BCUT2D eigenvalue weighted by Gasteiger charge is 2.12. The number of pyridine rings is 2. The van der Waals surface area contributed by atoms with Crippen molar-refractivity contribution in [3.05, 3.63) is 79.6 Å². The van der Waals surface area contributed by atoms with Gasteiger partial charge in [-0.15, -0.1) is 0 Å². The highest BCUT2D eigenvalue weighted by Crippen LogP contribution is 2.29. The van der Waals surface area contributed by atoms with E-state index >= 15 is 0 Å². The van der Waals surface area contributed by atoms with Gasteiger partial charge >= 0.3 is 0 Å². The van der Waals surface area contributed by atoms with Crippen LogP contribution in [0.2, 0.25) is 0 Å². The van der Waals surface area contributed by atoms with E-state index in [-0.39, 0.29) is 0 Å². The number of aromatic amines is 1. The van der Waals surface area contributed by atoms with Crippen LogP contribution < -0.4 is 0 Å². The minimum absolute atomic E-state index is 0.844. The third kappa shape index (κ3) is 2.21. The minimum atomic E-state index is 0.844. The molecule has 28 heavy (non-hydrogen) atoms. The van der Waals surface area contributed by atoms with E-state index in [0.717, 1.165) is 49.9 Å². The summed E-state index contributed by atoms with van der Waals surface area (Å²) in [7, 11) is 0. The second-order valence-corrected chi connectivity index (χ2v) is 6.66. The van der Waals surface area contributed by atoms with Gasteiger partial charge < -0.3 is 4.98 Å². The maximum absolute atomic E-state index is 4.60. The van der Waals surface area contributed by atoms with Crippen molar-refractivity contribution in [3.63, 3.8) is 0 Å². The standard InChI is InChI=1S/C22H14N6/c1-2-4-14(5-3-1)18-9-16-20(10-23-18)24-11-21-22(16)28(13-27-21)15-6-7-17-19(8-15)26-12-25-17/h1-13H,(H,25,26). The molecule has 0 atom stereocenters. The van der Waals surface area contributed by atoms with Gasteiger partial charge in [-0.05, 0) is 24.3 Å². The van der Waals surface area contributed by atoms with Crippen molar-refractivity contribution in [1.29, 1.82) is 0 Å². The van der Waals surface area contributed by atoms with Crippen LogP contribution in [0.25, 0.3) is 49.9 Å². The molecule has 4 heterocycles. The third-order valence-corrected chi connectivity index (χ3v) is 5.01. The molecule has 6 heteroatoms. The maximum atomic E-state index is 4.60. The number of imidazole rings is 2. The zero-order chi connectivity index (χ0) is 18.5. The summed E-state index contributed by atoms with van der Waals surface area (Å²) >= 11 is 0. The van der Waals surface area contributed by atoms with E-state index in [2.05, 4.69) is 59.8 Å². The molecule has 2 aromatic carbocycles. The lowest BCUT2D eigenvalue weighted by Gasteiger charge is -2.08. The van der Waals surface area contributed by atoms with E-state index in [4.69, 9.17) is 0 Å². The van der Waals surface area contributed by atoms with Gasteiger partial charge in [-0.3, -0.25) is 14.5 Å². The minimum Gasteiger partial charge on any atom is -0.345 e. The molecule has 0 aliphatic carbocycles. The monoisotopic (exact) mass is 362 g/mol. The number of hydrogen-bond acceptors (Lipinski definition) is 4. The number of benzene rings is 2. The summed E-state index contributed by atoms with van der Waals surface area (Å²) < 4.78 is 2.09. The Bertz CT molecular complexity index is 1460. The Kier molecular flexibility index (Phi) is 3.07. The predicted octanol–water partition coefficient (Wildman–Crippen LogP) is 4.51. The van der Waals surface area contributed by atoms with Gasteiger partial charge in [-0.1, -0.05) is 30.3 Å². The molecule has 0 saturated carbocycles. The number of aromatic nitrogens is 6. The lowest BCUT2D eigenvalue weighted by Crippen LogP contribution is -1.94. The molecule has 1 N–H and O–H groups in total. The van der Waals surface area contributed by atoms with Gasteiger partial charge in [0.1, 0.15) is 11.8 Å². The van der Waals surface area contributed by atoms with Crippen molar-refractivity contribution in [1.82, 2.24) is 29.5 Å². The molecule has 0 aliphatic heterocycles. The molecule has 0 bridgehead atoms. The number of hydrogen-bond donors (Lipinski definition) is 1. The molecule has 0 aliphatic rings. The largest absolute Gasteiger partial charge is 0.345 e. The molecular formula is C22H14N6. The van der Waals surface area contributed by atoms with Gasteiger partial charge in [0.05, 0.1) is 46.5 Å². The quantitative estimate of drug-likeness (QED) is 0.492. The maximum Gasteiger partial charge on any atom is 0.108 e. The molecule has 6 aromatic rings. The molecule has 0 spiro atoms. The van der Waals surface area contributed by atoms with E-state index < -0.39 is 0 Å². The molecule has 0 fully saturated rings. The van der Waals surface area contributed by atoms with E-state index in [9.17, 15) is 0 Å². The first kappa shape index (κ1) is 15.0. The van der Waals surface area contributed by atoms with Crippen LogP contribution in [0.15, 0.2) is 79.6 Å². The topological polar surface area (TPSA) is 72.3 Å². The number of nitrogens with one attached hydrogen (secondary N) is 1. The Morgan fingerprint density at radius 2 is 1.64 bits per heavy atom. The van der Waals surface area contributed by atoms with Crippen LogP contribution in [-0.4, -0.2) is 29.5 Å². The molecule has 0 unspecified atom stereocenters. The van der Waals surface area contributed by atoms with Crippen LogP contribution >= 0.6 is 0 Å². The zero-order valence-electron chi connectivity index (χ0n) is 14.7. The summed E-state index contributed by atoms with van der Waals surface area (Å²) in [5.74, 6) is 0. The number of H-pyrrole nitrogens is 1. The van der Waals surface area contributed by atoms with Crippen molar-refractivity contribution < 1.29 is 0 Å². The van der Waals surface area contributed by atoms with Crippen molar-refractivity contribution in [3.8, 4) is 16.9 Å². The summed E-state index contributed by atoms with van der Waals surface area (Å²) in [6, 6.07) is 18.4. The highest BCUT2D eigenvalue weighted by atomic mass is 15.1. The number of nitrogens with zero attached hydrogens (tertiary/aromatic N) is 5. The van der Waals surface area contributed by atoms with Crippen LogP contribution in [0.1, 0.15) is 0 Å². The summed E-state index contributed by atoms with van der Waals surface area (Å²) in [6.07, 6.45) is 7.17. The average molecular weight is 362 g/mol. The Hall–Kier alpha value is -4.06. The van der Waals surface area contributed by atoms with Crippen LogP contribution in [-0.2, 0) is 0 Å². The van der Waals surface area contributed by atoms with E-state index in [1.54, 1.807) is 12.5 Å². The Morgan fingerprint density at radius 1 is 0.750 bits per heavy atom. The molecule has 0 amide bonds. The van der Waals surface area contributed by atoms with Crippen LogP contribution in [0.4, 0.5) is 0 Å². The first-order valence-corrected chi connectivity index (χ1v) is 8.97. The highest BCUT2D eigenvalue weighted by molar-refractivity contribution is 6.03. The second-order valence-electron chi connectivity index (χ2n) is 6.66.